The van der Waals surface area contributed by atoms with Crippen molar-refractivity contribution in [3.8, 4) is 5.75 Å². The Balaban J connectivity index is 1.43. The summed E-state index contributed by atoms with van der Waals surface area (Å²) in [4.78, 5) is 15.8. The van der Waals surface area contributed by atoms with E-state index in [9.17, 15) is 21.6 Å². The number of ether oxygens (including phenoxy) is 1. The van der Waals surface area contributed by atoms with Crippen LogP contribution < -0.4 is 14.4 Å². The van der Waals surface area contributed by atoms with Gasteiger partial charge in [0, 0.05) is 35.3 Å². The van der Waals surface area contributed by atoms with Crippen molar-refractivity contribution in [2.45, 2.75) is 75.9 Å². The molecule has 2 heterocycles. The average Bonchev–Trinajstić information content (AvgIpc) is 3.10. The van der Waals surface area contributed by atoms with E-state index in [2.05, 4.69) is 21.8 Å². The molecule has 8 nitrogen and oxygen atoms in total. The standard InChI is InChI=1S/C34H45ClN2O6S2/c1-22-6-4-7-27(19-44(3,39)40)29-12-9-26(29)18-37-20-34(15-5-8-24-16-28(35)11-13-30(24)34)21-43-32-14-10-25(17-31(32)37)33(38)36-45(41,42)23(22)2/h10-11,13-14,16-17,22-23,26-27,29H,4-9,12,15,18-21H2,1-3H3,(H,36,38)/t22?,23?,26?,27?,29?,34-/m0/s1. The van der Waals surface area contributed by atoms with Gasteiger partial charge in [-0.05, 0) is 117 Å². The van der Waals surface area contributed by atoms with Gasteiger partial charge in [-0.1, -0.05) is 31.0 Å². The molecule has 6 rings (SSSR count). The lowest BCUT2D eigenvalue weighted by Gasteiger charge is -2.47. The van der Waals surface area contributed by atoms with Crippen molar-refractivity contribution in [2.24, 2.45) is 23.7 Å². The van der Waals surface area contributed by atoms with Crippen LogP contribution in [0.25, 0.3) is 0 Å². The Hall–Kier alpha value is -2.30. The van der Waals surface area contributed by atoms with Gasteiger partial charge in [0.1, 0.15) is 15.6 Å². The third-order valence-electron chi connectivity index (χ3n) is 11.1. The molecule has 1 fully saturated rings. The molecule has 2 aliphatic heterocycles. The van der Waals surface area contributed by atoms with E-state index in [-0.39, 0.29) is 34.5 Å². The third-order valence-corrected chi connectivity index (χ3v) is 14.3. The minimum atomic E-state index is -3.94. The quantitative estimate of drug-likeness (QED) is 0.430. The number of nitrogens with zero attached hydrogens (tertiary/aromatic N) is 1. The van der Waals surface area contributed by atoms with Gasteiger partial charge >= 0.3 is 0 Å². The summed E-state index contributed by atoms with van der Waals surface area (Å²) >= 11 is 6.41. The Morgan fingerprint density at radius 1 is 1.07 bits per heavy atom. The number of hydrogen-bond donors (Lipinski definition) is 1. The first-order valence-corrected chi connectivity index (χ1v) is 20.3. The van der Waals surface area contributed by atoms with Crippen LogP contribution in [0.5, 0.6) is 5.75 Å². The highest BCUT2D eigenvalue weighted by Crippen LogP contribution is 2.48. The van der Waals surface area contributed by atoms with E-state index in [1.54, 1.807) is 25.1 Å². The van der Waals surface area contributed by atoms with E-state index in [0.717, 1.165) is 55.7 Å². The van der Waals surface area contributed by atoms with Crippen molar-refractivity contribution < 1.29 is 26.4 Å². The van der Waals surface area contributed by atoms with Crippen LogP contribution in [-0.2, 0) is 31.7 Å². The minimum Gasteiger partial charge on any atom is -0.490 e. The fourth-order valence-corrected chi connectivity index (χ4v) is 11.0. The van der Waals surface area contributed by atoms with Gasteiger partial charge in [-0.15, -0.1) is 0 Å². The molecule has 2 aromatic carbocycles. The van der Waals surface area contributed by atoms with E-state index >= 15 is 0 Å². The molecular formula is C34H45ClN2O6S2. The van der Waals surface area contributed by atoms with Crippen LogP contribution in [0.1, 0.15) is 80.3 Å². The lowest BCUT2D eigenvalue weighted by molar-refractivity contribution is 0.0980. The maximum Gasteiger partial charge on any atom is 0.264 e. The number of anilines is 1. The van der Waals surface area contributed by atoms with Crippen LogP contribution in [0.4, 0.5) is 5.69 Å². The number of carbonyl (C=O) groups is 1. The summed E-state index contributed by atoms with van der Waals surface area (Å²) in [6.07, 6.45) is 8.34. The number of aryl methyl sites for hydroxylation is 1. The van der Waals surface area contributed by atoms with Gasteiger partial charge < -0.3 is 9.64 Å². The zero-order valence-corrected chi connectivity index (χ0v) is 28.8. The van der Waals surface area contributed by atoms with Crippen molar-refractivity contribution in [2.75, 3.05) is 36.6 Å². The van der Waals surface area contributed by atoms with Crippen LogP contribution in [0, 0.1) is 23.7 Å². The van der Waals surface area contributed by atoms with Gasteiger partial charge in [0.15, 0.2) is 0 Å². The molecular weight excluding hydrogens is 632 g/mol. The average molecular weight is 677 g/mol. The highest BCUT2D eigenvalue weighted by atomic mass is 35.5. The Labute approximate surface area is 273 Å². The lowest BCUT2D eigenvalue weighted by Crippen LogP contribution is -2.49. The van der Waals surface area contributed by atoms with Crippen LogP contribution in [-0.4, -0.2) is 59.7 Å². The molecule has 4 aliphatic rings. The topological polar surface area (TPSA) is 110 Å². The van der Waals surface area contributed by atoms with Gasteiger partial charge in [0.2, 0.25) is 10.0 Å². The summed E-state index contributed by atoms with van der Waals surface area (Å²) in [6.45, 7) is 5.39. The largest absolute Gasteiger partial charge is 0.490 e. The van der Waals surface area contributed by atoms with E-state index in [1.807, 2.05) is 13.0 Å². The lowest BCUT2D eigenvalue weighted by atomic mass is 9.65. The molecule has 1 saturated carbocycles. The second kappa shape index (κ2) is 12.4. The summed E-state index contributed by atoms with van der Waals surface area (Å²) in [6, 6.07) is 11.3. The Morgan fingerprint density at radius 3 is 2.60 bits per heavy atom. The number of fused-ring (bicyclic) bond motifs is 4. The van der Waals surface area contributed by atoms with Gasteiger partial charge in [-0.25, -0.2) is 21.6 Å². The number of nitrogens with one attached hydrogen (secondary N) is 1. The number of rotatable bonds is 2. The number of sulfone groups is 1. The summed E-state index contributed by atoms with van der Waals surface area (Å²) in [7, 11) is -7.13. The molecule has 2 bridgehead atoms. The fourth-order valence-electron chi connectivity index (χ4n) is 8.31. The number of carbonyl (C=O) groups excluding carboxylic acids is 1. The molecule has 246 valence electrons. The molecule has 1 amide bonds. The molecule has 0 aromatic heterocycles. The number of halogens is 1. The maximum absolute atomic E-state index is 13.4. The zero-order chi connectivity index (χ0) is 32.1. The smallest absolute Gasteiger partial charge is 0.264 e. The predicted octanol–water partition coefficient (Wildman–Crippen LogP) is 5.77. The van der Waals surface area contributed by atoms with Crippen molar-refractivity contribution in [3.05, 3.63) is 58.1 Å². The van der Waals surface area contributed by atoms with Gasteiger partial charge in [0.05, 0.1) is 23.3 Å². The van der Waals surface area contributed by atoms with Crippen LogP contribution in [0.15, 0.2) is 36.4 Å². The molecule has 0 radical (unpaired) electrons. The summed E-state index contributed by atoms with van der Waals surface area (Å²) in [5, 5.41) is -0.0586. The highest BCUT2D eigenvalue weighted by Gasteiger charge is 2.45. The van der Waals surface area contributed by atoms with Gasteiger partial charge in [-0.3, -0.25) is 4.79 Å². The normalized spacial score (nSPS) is 31.9. The van der Waals surface area contributed by atoms with E-state index in [4.69, 9.17) is 16.3 Å². The third kappa shape index (κ3) is 6.75. The molecule has 1 N–H and O–H groups in total. The molecule has 6 atom stereocenters. The number of hydrogen-bond acceptors (Lipinski definition) is 7. The Kier molecular flexibility index (Phi) is 8.98. The first-order chi connectivity index (χ1) is 21.2. The molecule has 2 aliphatic carbocycles. The second-order valence-corrected chi connectivity index (χ2v) is 18.9. The van der Waals surface area contributed by atoms with Crippen molar-refractivity contribution in [1.82, 2.24) is 4.72 Å². The molecule has 0 saturated heterocycles. The van der Waals surface area contributed by atoms with Crippen LogP contribution in [0.2, 0.25) is 5.02 Å². The molecule has 1 spiro atoms. The molecule has 2 aromatic rings. The fraction of sp³-hybridized carbons (Fsp3) is 0.618. The van der Waals surface area contributed by atoms with E-state index < -0.39 is 31.0 Å². The van der Waals surface area contributed by atoms with E-state index in [0.29, 0.717) is 37.8 Å². The van der Waals surface area contributed by atoms with Crippen LogP contribution in [0.3, 0.4) is 0 Å². The second-order valence-electron chi connectivity index (χ2n) is 14.2. The number of benzene rings is 2. The Bertz CT molecular complexity index is 1680. The first kappa shape index (κ1) is 32.6. The summed E-state index contributed by atoms with van der Waals surface area (Å²) < 4.78 is 60.7. The summed E-state index contributed by atoms with van der Waals surface area (Å²) in [5.74, 6) is 0.556. The predicted molar refractivity (Wildman–Crippen MR) is 178 cm³/mol. The SMILES string of the molecule is CC1CCCC(CS(C)(=O)=O)C2CCC2CN2C[C@@]3(CCCc4cc(Cl)ccc43)COc3ccc(cc32)C(=O)NS(=O)(=O)C1C. The minimum absolute atomic E-state index is 0.0195. The molecule has 5 unspecified atom stereocenters. The maximum atomic E-state index is 13.4. The first-order valence-electron chi connectivity index (χ1n) is 16.3. The highest BCUT2D eigenvalue weighted by molar-refractivity contribution is 7.90. The molecule has 45 heavy (non-hydrogen) atoms. The van der Waals surface area contributed by atoms with Crippen molar-refractivity contribution in [3.63, 3.8) is 0 Å². The van der Waals surface area contributed by atoms with Crippen molar-refractivity contribution >= 4 is 43.1 Å². The van der Waals surface area contributed by atoms with E-state index in [1.165, 1.54) is 17.4 Å². The molecule has 11 heteroatoms. The number of sulfonamides is 1. The summed E-state index contributed by atoms with van der Waals surface area (Å²) in [5.41, 5.74) is 3.23. The Morgan fingerprint density at radius 2 is 1.87 bits per heavy atom. The zero-order valence-electron chi connectivity index (χ0n) is 26.4. The van der Waals surface area contributed by atoms with Crippen LogP contribution >= 0.6 is 11.6 Å². The number of amides is 1. The van der Waals surface area contributed by atoms with Crippen molar-refractivity contribution in [1.29, 1.82) is 0 Å². The van der Waals surface area contributed by atoms with Gasteiger partial charge in [-0.2, -0.15) is 0 Å². The van der Waals surface area contributed by atoms with Gasteiger partial charge in [0.25, 0.3) is 5.91 Å². The monoisotopic (exact) mass is 676 g/mol.